The maximum Gasteiger partial charge on any atom is 0.338 e. The van der Waals surface area contributed by atoms with E-state index in [0.29, 0.717) is 12.0 Å². The van der Waals surface area contributed by atoms with Crippen molar-refractivity contribution in [3.8, 4) is 0 Å². The molecule has 1 aliphatic heterocycles. The lowest BCUT2D eigenvalue weighted by Gasteiger charge is -2.67. The second-order valence-corrected chi connectivity index (χ2v) is 18.0. The lowest BCUT2D eigenvalue weighted by atomic mass is 9.44. The third kappa shape index (κ3) is 7.82. The summed E-state index contributed by atoms with van der Waals surface area (Å²) in [7, 11) is 0. The number of rotatable bonds is 12. The summed E-state index contributed by atoms with van der Waals surface area (Å²) in [6.07, 6.45) is -10.1. The smallest absolute Gasteiger partial charge is 0.338 e. The van der Waals surface area contributed by atoms with Crippen molar-refractivity contribution in [3.05, 3.63) is 119 Å². The van der Waals surface area contributed by atoms with E-state index < -0.39 is 113 Å². The number of carbonyl (C=O) groups excluding carboxylic acids is 6. The minimum absolute atomic E-state index is 0.00220. The van der Waals surface area contributed by atoms with Crippen LogP contribution in [-0.4, -0.2) is 105 Å². The van der Waals surface area contributed by atoms with Crippen molar-refractivity contribution in [3.63, 3.8) is 0 Å². The summed E-state index contributed by atoms with van der Waals surface area (Å²) in [5, 5.41) is 40.5. The van der Waals surface area contributed by atoms with Gasteiger partial charge in [0.2, 0.25) is 0 Å². The molecular formula is C49H55NO14. The molecule has 1 heterocycles. The Morgan fingerprint density at radius 3 is 2.03 bits per heavy atom. The normalized spacial score (nSPS) is 31.2. The van der Waals surface area contributed by atoms with Gasteiger partial charge in [-0.05, 0) is 61.2 Å². The molecule has 3 aromatic carbocycles. The summed E-state index contributed by atoms with van der Waals surface area (Å²) in [6, 6.07) is 23.0. The molecule has 7 rings (SSSR count). The fourth-order valence-corrected chi connectivity index (χ4v) is 10.4. The summed E-state index contributed by atoms with van der Waals surface area (Å²) >= 11 is 0. The van der Waals surface area contributed by atoms with Gasteiger partial charge in [-0.15, -0.1) is 0 Å². The topological polar surface area (TPSA) is 221 Å². The van der Waals surface area contributed by atoms with Crippen LogP contribution >= 0.6 is 0 Å². The second kappa shape index (κ2) is 17.7. The van der Waals surface area contributed by atoms with Crippen LogP contribution in [0.25, 0.3) is 0 Å². The molecule has 4 N–H and O–H groups in total. The molecule has 3 aliphatic carbocycles. The number of Topliss-reactive ketones (excluding diaryl/α,β-unsaturated/α-hetero) is 1. The predicted molar refractivity (Wildman–Crippen MR) is 227 cm³/mol. The predicted octanol–water partition coefficient (Wildman–Crippen LogP) is 4.52. The molecule has 64 heavy (non-hydrogen) atoms. The molecule has 2 saturated carbocycles. The first-order chi connectivity index (χ1) is 30.3. The first-order valence-electron chi connectivity index (χ1n) is 21.5. The number of benzene rings is 3. The molecule has 0 radical (unpaired) electrons. The van der Waals surface area contributed by atoms with E-state index in [9.17, 15) is 39.3 Å². The van der Waals surface area contributed by atoms with Crippen molar-refractivity contribution < 1.29 is 67.8 Å². The lowest BCUT2D eigenvalue weighted by molar-refractivity contribution is -0.346. The number of hydrogen-bond donors (Lipinski definition) is 4. The summed E-state index contributed by atoms with van der Waals surface area (Å²) in [5.41, 5.74) is -7.01. The first kappa shape index (κ1) is 46.3. The Morgan fingerprint density at radius 1 is 0.875 bits per heavy atom. The third-order valence-electron chi connectivity index (χ3n) is 13.9. The number of ketones is 1. The largest absolute Gasteiger partial charge is 0.456 e. The zero-order valence-electron chi connectivity index (χ0n) is 36.6. The summed E-state index contributed by atoms with van der Waals surface area (Å²) in [4.78, 5) is 84.5. The highest BCUT2D eigenvalue weighted by molar-refractivity contribution is 5.96. The van der Waals surface area contributed by atoms with Gasteiger partial charge < -0.3 is 44.3 Å². The maximum absolute atomic E-state index is 15.6. The van der Waals surface area contributed by atoms with Crippen molar-refractivity contribution in [2.24, 2.45) is 16.7 Å². The molecule has 1 amide bonds. The molecule has 340 valence electrons. The number of amides is 1. The number of fused-ring (bicyclic) bond motifs is 5. The van der Waals surface area contributed by atoms with Crippen molar-refractivity contribution in [2.75, 3.05) is 6.61 Å². The van der Waals surface area contributed by atoms with Crippen LogP contribution < -0.4 is 5.32 Å². The number of aliphatic hydroxyl groups is 3. The van der Waals surface area contributed by atoms with Gasteiger partial charge in [0.15, 0.2) is 23.6 Å². The van der Waals surface area contributed by atoms with Crippen LogP contribution in [0.4, 0.5) is 0 Å². The Bertz CT molecular complexity index is 2320. The van der Waals surface area contributed by atoms with E-state index in [4.69, 9.17) is 23.7 Å². The molecule has 1 unspecified atom stereocenters. The summed E-state index contributed by atoms with van der Waals surface area (Å²) < 4.78 is 30.7. The van der Waals surface area contributed by atoms with Gasteiger partial charge in [0.05, 0.1) is 35.6 Å². The average molecular weight is 882 g/mol. The molecule has 2 bridgehead atoms. The average Bonchev–Trinajstić information content (AvgIpc) is 3.27. The van der Waals surface area contributed by atoms with Gasteiger partial charge in [0.25, 0.3) is 5.91 Å². The van der Waals surface area contributed by atoms with Gasteiger partial charge in [-0.1, -0.05) is 87.5 Å². The van der Waals surface area contributed by atoms with Crippen LogP contribution in [-0.2, 0) is 42.9 Å². The molecule has 15 heteroatoms. The zero-order valence-corrected chi connectivity index (χ0v) is 36.6. The van der Waals surface area contributed by atoms with E-state index in [0.717, 1.165) is 6.92 Å². The summed E-state index contributed by atoms with van der Waals surface area (Å²) in [6.45, 7) is 8.66. The molecule has 0 aromatic heterocycles. The van der Waals surface area contributed by atoms with Gasteiger partial charge in [-0.3, -0.25) is 19.2 Å². The lowest BCUT2D eigenvalue weighted by Crippen LogP contribution is -2.82. The highest BCUT2D eigenvalue weighted by Crippen LogP contribution is 2.64. The first-order valence-corrected chi connectivity index (χ1v) is 21.5. The molecule has 11 atom stereocenters. The number of aliphatic hydroxyl groups excluding tert-OH is 2. The van der Waals surface area contributed by atoms with Crippen LogP contribution in [0.3, 0.4) is 0 Å². The number of nitrogens with one attached hydrogen (secondary N) is 1. The van der Waals surface area contributed by atoms with Crippen molar-refractivity contribution in [2.45, 2.75) is 121 Å². The maximum atomic E-state index is 15.6. The third-order valence-corrected chi connectivity index (χ3v) is 13.9. The fourth-order valence-electron chi connectivity index (χ4n) is 10.4. The Balaban J connectivity index is 1.39. The number of esters is 4. The van der Waals surface area contributed by atoms with Crippen molar-refractivity contribution in [1.82, 2.24) is 5.32 Å². The standard InChI is InChI=1S/C49H55NO14/c1-7-17-35(53)64-48-26-60-34(48)24-33(52)47(6)40(48)42(63-44(57)31-22-15-10-16-23-31)49(59)25-32(27(2)36(46(49,4)5)39(41(47)55)61-28(3)51)62-45(58)38(54)37(29-18-11-8-12-19-29)50-43(56)30-20-13-9-14-21-30/h8-16,18-23,32-34,37-40,42,52,54,59H,7,17,24-26H2,1-6H3,(H,50,56)/t32-,33-,34?,37-,38+,39+,40-,42-,47+,48-,49+/m0/s1. The number of ether oxygens (including phenoxy) is 5. The molecule has 3 fully saturated rings. The van der Waals surface area contributed by atoms with Crippen LogP contribution in [0.2, 0.25) is 0 Å². The SMILES string of the molecule is CCCC(=O)O[C@@]12COC1C[C@H](O)[C@@]1(C)C(=O)[C@H](OC(C)=O)C3=C(C)[C@@H](OC(=O)[C@H](O)[C@@H](NC(=O)c4ccccc4)c4ccccc4)C[C@@](O)([C@@H](OC(=O)c4ccccc4)[C@@H]12)C3(C)C. The van der Waals surface area contributed by atoms with Crippen molar-refractivity contribution >= 4 is 35.6 Å². The zero-order chi connectivity index (χ0) is 46.4. The van der Waals surface area contributed by atoms with E-state index >= 15 is 4.79 Å². The molecule has 4 aliphatic rings. The Labute approximate surface area is 371 Å². The molecular weight excluding hydrogens is 827 g/mol. The van der Waals surface area contributed by atoms with E-state index in [2.05, 4.69) is 5.32 Å². The van der Waals surface area contributed by atoms with E-state index in [-0.39, 0.29) is 41.7 Å². The molecule has 15 nitrogen and oxygen atoms in total. The monoisotopic (exact) mass is 881 g/mol. The molecule has 3 aromatic rings. The van der Waals surface area contributed by atoms with E-state index in [1.54, 1.807) is 99.6 Å². The van der Waals surface area contributed by atoms with Crippen molar-refractivity contribution in [1.29, 1.82) is 0 Å². The number of carbonyl (C=O) groups is 6. The van der Waals surface area contributed by atoms with Gasteiger partial charge in [-0.25, -0.2) is 9.59 Å². The second-order valence-electron chi connectivity index (χ2n) is 18.0. The molecule has 1 saturated heterocycles. The highest BCUT2D eigenvalue weighted by atomic mass is 16.6. The van der Waals surface area contributed by atoms with Crippen LogP contribution in [0.15, 0.2) is 102 Å². The van der Waals surface area contributed by atoms with Gasteiger partial charge in [-0.2, -0.15) is 0 Å². The minimum Gasteiger partial charge on any atom is -0.456 e. The fraction of sp³-hybridized carbons (Fsp3) is 0.469. The van der Waals surface area contributed by atoms with Crippen LogP contribution in [0.1, 0.15) is 99.5 Å². The van der Waals surface area contributed by atoms with E-state index in [1.165, 1.54) is 26.0 Å². The van der Waals surface area contributed by atoms with Crippen LogP contribution in [0.5, 0.6) is 0 Å². The Hall–Kier alpha value is -5.74. The van der Waals surface area contributed by atoms with Gasteiger partial charge in [0, 0.05) is 37.2 Å². The Morgan fingerprint density at radius 2 is 1.47 bits per heavy atom. The number of hydrogen-bond acceptors (Lipinski definition) is 14. The molecule has 0 spiro atoms. The quantitative estimate of drug-likeness (QED) is 0.112. The van der Waals surface area contributed by atoms with Crippen LogP contribution in [0, 0.1) is 16.7 Å². The minimum atomic E-state index is -2.39. The van der Waals surface area contributed by atoms with Gasteiger partial charge in [0.1, 0.15) is 23.9 Å². The van der Waals surface area contributed by atoms with E-state index in [1.807, 2.05) is 0 Å². The van der Waals surface area contributed by atoms with Gasteiger partial charge >= 0.3 is 23.9 Å². The Kier molecular flexibility index (Phi) is 12.8. The highest BCUT2D eigenvalue weighted by Gasteiger charge is 2.78. The summed E-state index contributed by atoms with van der Waals surface area (Å²) in [5.74, 6) is -6.69.